The molecule has 166 valence electrons. The summed E-state index contributed by atoms with van der Waals surface area (Å²) >= 11 is 0. The van der Waals surface area contributed by atoms with Crippen molar-refractivity contribution in [1.29, 1.82) is 0 Å². The number of hydrogen-bond acceptors (Lipinski definition) is 6. The van der Waals surface area contributed by atoms with Gasteiger partial charge in [0.1, 0.15) is 11.7 Å². The van der Waals surface area contributed by atoms with Crippen LogP contribution in [0.4, 0.5) is 18.0 Å². The molecule has 1 aliphatic heterocycles. The van der Waals surface area contributed by atoms with Gasteiger partial charge in [0, 0.05) is 0 Å². The van der Waals surface area contributed by atoms with Crippen molar-refractivity contribution in [3.05, 3.63) is 0 Å². The molecule has 1 amide bonds. The largest absolute Gasteiger partial charge is 0.523 e. The molecule has 1 saturated heterocycles. The molecular weight excluding hydrogens is 419 g/mol. The van der Waals surface area contributed by atoms with E-state index in [0.29, 0.717) is 0 Å². The van der Waals surface area contributed by atoms with E-state index >= 15 is 0 Å². The third-order valence-electron chi connectivity index (χ3n) is 4.79. The Hall–Kier alpha value is -0.853. The quantitative estimate of drug-likeness (QED) is 0.360. The van der Waals surface area contributed by atoms with Gasteiger partial charge in [-0.3, -0.25) is 9.08 Å². The van der Waals surface area contributed by atoms with Gasteiger partial charge in [0.25, 0.3) is 0 Å². The number of carbonyl (C=O) groups is 1. The minimum absolute atomic E-state index is 0.145. The molecule has 0 radical (unpaired) electrons. The Morgan fingerprint density at radius 2 is 1.61 bits per heavy atom. The molecule has 1 fully saturated rings. The maximum atomic E-state index is 12.6. The van der Waals surface area contributed by atoms with Crippen LogP contribution in [0.3, 0.4) is 0 Å². The topological polar surface area (TPSA) is 82.1 Å². The molecule has 0 bridgehead atoms. The highest BCUT2D eigenvalue weighted by molar-refractivity contribution is 7.87. The summed E-state index contributed by atoms with van der Waals surface area (Å²) < 4.78 is 76.2. The molecule has 1 aliphatic rings. The number of alkyl halides is 3. The molecule has 1 heterocycles. The number of amides is 1. The Morgan fingerprint density at radius 1 is 1.11 bits per heavy atom. The maximum absolute atomic E-state index is 12.6. The average Bonchev–Trinajstić information content (AvgIpc) is 2.38. The number of halogens is 3. The van der Waals surface area contributed by atoms with Crippen molar-refractivity contribution in [3.8, 4) is 0 Å². The third-order valence-corrected chi connectivity index (χ3v) is 10.4. The van der Waals surface area contributed by atoms with Crippen molar-refractivity contribution in [2.45, 2.75) is 82.9 Å². The summed E-state index contributed by atoms with van der Waals surface area (Å²) in [6.07, 6.45) is -2.12. The van der Waals surface area contributed by atoms with Crippen LogP contribution in [-0.4, -0.2) is 64.1 Å². The predicted octanol–water partition coefficient (Wildman–Crippen LogP) is 3.86. The highest BCUT2D eigenvalue weighted by Crippen LogP contribution is 2.38. The molecule has 1 rings (SSSR count). The lowest BCUT2D eigenvalue weighted by molar-refractivity contribution is -0.0917. The van der Waals surface area contributed by atoms with E-state index in [1.165, 1.54) is 0 Å². The minimum atomic E-state index is -5.78. The fourth-order valence-electron chi connectivity index (χ4n) is 2.06. The molecule has 0 unspecified atom stereocenters. The van der Waals surface area contributed by atoms with Gasteiger partial charge in [-0.1, -0.05) is 20.8 Å². The second kappa shape index (κ2) is 7.76. The summed E-state index contributed by atoms with van der Waals surface area (Å²) in [6, 6.07) is -0.999. The third kappa shape index (κ3) is 6.07. The summed E-state index contributed by atoms with van der Waals surface area (Å²) in [5, 5.41) is -0.179. The van der Waals surface area contributed by atoms with E-state index in [2.05, 4.69) is 4.18 Å². The summed E-state index contributed by atoms with van der Waals surface area (Å²) in [5.74, 6) is 0. The van der Waals surface area contributed by atoms with E-state index in [4.69, 9.17) is 9.16 Å². The Balaban J connectivity index is 2.98. The molecule has 2 atom stereocenters. The van der Waals surface area contributed by atoms with E-state index in [0.717, 1.165) is 4.90 Å². The number of ether oxygens (including phenoxy) is 1. The van der Waals surface area contributed by atoms with Crippen molar-refractivity contribution in [2.24, 2.45) is 0 Å². The molecular formula is C16H30F3NO6SSi. The van der Waals surface area contributed by atoms with Crippen LogP contribution in [0.25, 0.3) is 0 Å². The first-order chi connectivity index (χ1) is 12.2. The molecule has 0 aromatic rings. The highest BCUT2D eigenvalue weighted by Gasteiger charge is 2.54. The van der Waals surface area contributed by atoms with Gasteiger partial charge in [0.05, 0.1) is 19.2 Å². The maximum Gasteiger partial charge on any atom is 0.523 e. The fourth-order valence-corrected chi connectivity index (χ4v) is 3.71. The van der Waals surface area contributed by atoms with Gasteiger partial charge >= 0.3 is 21.7 Å². The molecule has 0 saturated carbocycles. The lowest BCUT2D eigenvalue weighted by Gasteiger charge is -2.48. The van der Waals surface area contributed by atoms with E-state index in [1.54, 1.807) is 20.8 Å². The zero-order valence-corrected chi connectivity index (χ0v) is 19.3. The van der Waals surface area contributed by atoms with Crippen LogP contribution in [0, 0.1) is 0 Å². The standard InChI is InChI=1S/C16H30F3NO6SSi/c1-14(2,3)25-13(21)20-9-12(26-27(22,23)16(17,18)19)11(20)10-24-28(7,8)15(4,5)6/h11-12H,9-10H2,1-8H3/t11-,12-/m1/s1. The van der Waals surface area contributed by atoms with Gasteiger partial charge in [0.15, 0.2) is 8.32 Å². The lowest BCUT2D eigenvalue weighted by atomic mass is 10.0. The van der Waals surface area contributed by atoms with Crippen LogP contribution >= 0.6 is 0 Å². The molecule has 0 spiro atoms. The summed E-state index contributed by atoms with van der Waals surface area (Å²) in [4.78, 5) is 13.4. The van der Waals surface area contributed by atoms with Crippen molar-refractivity contribution in [1.82, 2.24) is 4.90 Å². The SMILES string of the molecule is CC(C)(C)OC(=O)N1C[C@@H](OS(=O)(=O)C(F)(F)F)[C@H]1CO[Si](C)(C)C(C)(C)C. The minimum Gasteiger partial charge on any atom is -0.444 e. The van der Waals surface area contributed by atoms with Crippen LogP contribution in [0.15, 0.2) is 0 Å². The molecule has 7 nitrogen and oxygen atoms in total. The first-order valence-corrected chi connectivity index (χ1v) is 13.1. The molecule has 0 aromatic heterocycles. The Bertz CT molecular complexity index is 682. The predicted molar refractivity (Wildman–Crippen MR) is 99.7 cm³/mol. The number of likely N-dealkylation sites (tertiary alicyclic amines) is 1. The second-order valence-corrected chi connectivity index (χ2v) is 15.7. The molecule has 0 aliphatic carbocycles. The van der Waals surface area contributed by atoms with Crippen LogP contribution < -0.4 is 0 Å². The zero-order valence-electron chi connectivity index (χ0n) is 17.5. The van der Waals surface area contributed by atoms with Crippen LogP contribution in [0.2, 0.25) is 18.1 Å². The van der Waals surface area contributed by atoms with Crippen molar-refractivity contribution >= 4 is 24.5 Å². The monoisotopic (exact) mass is 449 g/mol. The Labute approximate surface area is 165 Å². The van der Waals surface area contributed by atoms with Crippen molar-refractivity contribution in [3.63, 3.8) is 0 Å². The van der Waals surface area contributed by atoms with E-state index in [-0.39, 0.29) is 18.2 Å². The summed E-state index contributed by atoms with van der Waals surface area (Å²) in [7, 11) is -8.07. The summed E-state index contributed by atoms with van der Waals surface area (Å²) in [6.45, 7) is 14.3. The molecule has 0 aromatic carbocycles. The average molecular weight is 450 g/mol. The van der Waals surface area contributed by atoms with Gasteiger partial charge < -0.3 is 9.16 Å². The van der Waals surface area contributed by atoms with Gasteiger partial charge in [-0.2, -0.15) is 21.6 Å². The fraction of sp³-hybridized carbons (Fsp3) is 0.938. The van der Waals surface area contributed by atoms with E-state index < -0.39 is 47.8 Å². The van der Waals surface area contributed by atoms with Crippen LogP contribution in [0.1, 0.15) is 41.5 Å². The molecule has 12 heteroatoms. The molecule has 0 N–H and O–H groups in total. The van der Waals surface area contributed by atoms with Crippen LogP contribution in [0.5, 0.6) is 0 Å². The van der Waals surface area contributed by atoms with Crippen LogP contribution in [-0.2, 0) is 23.5 Å². The first kappa shape index (κ1) is 25.2. The number of carbonyl (C=O) groups excluding carboxylic acids is 1. The Morgan fingerprint density at radius 3 is 2.00 bits per heavy atom. The smallest absolute Gasteiger partial charge is 0.444 e. The van der Waals surface area contributed by atoms with Gasteiger partial charge in [-0.25, -0.2) is 4.79 Å². The van der Waals surface area contributed by atoms with Gasteiger partial charge in [-0.15, -0.1) is 0 Å². The number of rotatable bonds is 5. The van der Waals surface area contributed by atoms with Gasteiger partial charge in [-0.05, 0) is 38.9 Å². The Kier molecular flexibility index (Phi) is 6.98. The number of hydrogen-bond donors (Lipinski definition) is 0. The van der Waals surface area contributed by atoms with Crippen molar-refractivity contribution < 1.29 is 39.7 Å². The van der Waals surface area contributed by atoms with E-state index in [9.17, 15) is 26.4 Å². The van der Waals surface area contributed by atoms with Gasteiger partial charge in [0.2, 0.25) is 0 Å². The second-order valence-electron chi connectivity index (χ2n) is 9.31. The first-order valence-electron chi connectivity index (χ1n) is 8.81. The molecule has 28 heavy (non-hydrogen) atoms. The zero-order chi connectivity index (χ0) is 22.3. The van der Waals surface area contributed by atoms with Crippen molar-refractivity contribution in [2.75, 3.05) is 13.2 Å². The normalized spacial score (nSPS) is 22.0. The highest BCUT2D eigenvalue weighted by atomic mass is 32.2. The lowest BCUT2D eigenvalue weighted by Crippen LogP contribution is -2.67. The summed E-state index contributed by atoms with van der Waals surface area (Å²) in [5.41, 5.74) is -6.35. The number of nitrogens with zero attached hydrogens (tertiary/aromatic N) is 1. The van der Waals surface area contributed by atoms with E-state index in [1.807, 2.05) is 33.9 Å².